The minimum absolute atomic E-state index is 0.171. The molecule has 3 rings (SSSR count). The molecule has 0 aliphatic carbocycles. The van der Waals surface area contributed by atoms with Gasteiger partial charge in [0.2, 0.25) is 0 Å². The van der Waals surface area contributed by atoms with E-state index in [-0.39, 0.29) is 11.1 Å². The first-order valence-electron chi connectivity index (χ1n) is 7.99. The van der Waals surface area contributed by atoms with Crippen LogP contribution in [0.4, 0.5) is 0 Å². The third-order valence-corrected chi connectivity index (χ3v) is 4.08. The largest absolute Gasteiger partial charge is 0.325 e. The van der Waals surface area contributed by atoms with Gasteiger partial charge in [-0.05, 0) is 42.0 Å². The average molecular weight is 314 g/mol. The van der Waals surface area contributed by atoms with Crippen molar-refractivity contribution in [3.63, 3.8) is 0 Å². The predicted molar refractivity (Wildman–Crippen MR) is 94.9 cm³/mol. The van der Waals surface area contributed by atoms with Crippen LogP contribution in [0, 0.1) is 11.3 Å². The molecule has 0 fully saturated rings. The van der Waals surface area contributed by atoms with Crippen molar-refractivity contribution in [2.75, 3.05) is 0 Å². The minimum atomic E-state index is -0.308. The number of pyridine rings is 1. The van der Waals surface area contributed by atoms with E-state index < -0.39 is 0 Å². The number of aromatic amines is 1. The molecule has 3 nitrogen and oxygen atoms in total. The highest BCUT2D eigenvalue weighted by molar-refractivity contribution is 5.37. The number of H-pyrrole nitrogens is 1. The van der Waals surface area contributed by atoms with E-state index in [1.807, 2.05) is 42.5 Å². The third kappa shape index (κ3) is 3.80. The molecular weight excluding hydrogens is 296 g/mol. The van der Waals surface area contributed by atoms with Crippen molar-refractivity contribution in [3.05, 3.63) is 105 Å². The molecule has 3 heteroatoms. The average Bonchev–Trinajstić information content (AvgIpc) is 2.63. The van der Waals surface area contributed by atoms with Crippen molar-refractivity contribution >= 4 is 0 Å². The van der Waals surface area contributed by atoms with Gasteiger partial charge in [-0.2, -0.15) is 5.26 Å². The van der Waals surface area contributed by atoms with E-state index >= 15 is 0 Å². The zero-order valence-electron chi connectivity index (χ0n) is 13.3. The lowest BCUT2D eigenvalue weighted by molar-refractivity contribution is 0.876. The zero-order valence-corrected chi connectivity index (χ0v) is 13.3. The van der Waals surface area contributed by atoms with E-state index in [1.54, 1.807) is 6.07 Å². The Morgan fingerprint density at radius 3 is 2.12 bits per heavy atom. The van der Waals surface area contributed by atoms with Crippen LogP contribution in [0.15, 0.2) is 71.5 Å². The van der Waals surface area contributed by atoms with Gasteiger partial charge in [0.1, 0.15) is 11.6 Å². The second-order valence-electron chi connectivity index (χ2n) is 5.78. The van der Waals surface area contributed by atoms with E-state index in [0.29, 0.717) is 6.42 Å². The highest BCUT2D eigenvalue weighted by Crippen LogP contribution is 2.15. The Bertz CT molecular complexity index is 906. The molecule has 3 aromatic rings. The van der Waals surface area contributed by atoms with Crippen LogP contribution in [0.25, 0.3) is 0 Å². The molecular formula is C21H18N2O. The Balaban J connectivity index is 1.90. The molecule has 0 atom stereocenters. The topological polar surface area (TPSA) is 56.6 Å². The molecule has 0 bridgehead atoms. The quantitative estimate of drug-likeness (QED) is 0.782. The van der Waals surface area contributed by atoms with E-state index in [2.05, 4.69) is 29.2 Å². The number of nitriles is 1. The fraction of sp³-hybridized carbons (Fsp3) is 0.143. The number of hydrogen-bond donors (Lipinski definition) is 1. The lowest BCUT2D eigenvalue weighted by atomic mass is 9.98. The first kappa shape index (κ1) is 15.8. The predicted octanol–water partition coefficient (Wildman–Crippen LogP) is 3.62. The fourth-order valence-corrected chi connectivity index (χ4v) is 2.81. The molecule has 0 radical (unpaired) electrons. The maximum absolute atomic E-state index is 12.0. The van der Waals surface area contributed by atoms with Crippen LogP contribution in [0.5, 0.6) is 0 Å². The van der Waals surface area contributed by atoms with Crippen molar-refractivity contribution in [1.29, 1.82) is 5.26 Å². The van der Waals surface area contributed by atoms with Crippen LogP contribution in [0.3, 0.4) is 0 Å². The Morgan fingerprint density at radius 2 is 1.50 bits per heavy atom. The summed E-state index contributed by atoms with van der Waals surface area (Å²) < 4.78 is 0. The van der Waals surface area contributed by atoms with Crippen molar-refractivity contribution < 1.29 is 0 Å². The number of hydrogen-bond acceptors (Lipinski definition) is 2. The number of benzene rings is 2. The van der Waals surface area contributed by atoms with Crippen LogP contribution in [0.1, 0.15) is 27.9 Å². The second-order valence-corrected chi connectivity index (χ2v) is 5.78. The molecule has 0 unspecified atom stereocenters. The smallest absolute Gasteiger partial charge is 0.266 e. The molecule has 0 aliphatic rings. The molecule has 1 heterocycles. The molecule has 1 aromatic heterocycles. The van der Waals surface area contributed by atoms with Gasteiger partial charge >= 0.3 is 0 Å². The summed E-state index contributed by atoms with van der Waals surface area (Å²) in [7, 11) is 0. The van der Waals surface area contributed by atoms with Gasteiger partial charge in [0.25, 0.3) is 5.56 Å². The molecule has 24 heavy (non-hydrogen) atoms. The van der Waals surface area contributed by atoms with E-state index in [4.69, 9.17) is 5.26 Å². The highest BCUT2D eigenvalue weighted by Gasteiger charge is 2.09. The molecule has 1 N–H and O–H groups in total. The standard InChI is InChI=1S/C21H18N2O/c22-15-19-14-18(13-17-9-5-2-6-10-17)20(23-21(19)24)12-11-16-7-3-1-4-8-16/h1-10,14H,11-13H2,(H,23,24). The first-order valence-corrected chi connectivity index (χ1v) is 7.99. The van der Waals surface area contributed by atoms with Gasteiger partial charge in [-0.25, -0.2) is 0 Å². The summed E-state index contributed by atoms with van der Waals surface area (Å²) in [4.78, 5) is 14.9. The molecule has 118 valence electrons. The van der Waals surface area contributed by atoms with Gasteiger partial charge in [0.05, 0.1) is 0 Å². The number of nitrogens with zero attached hydrogens (tertiary/aromatic N) is 1. The van der Waals surface area contributed by atoms with Crippen LogP contribution >= 0.6 is 0 Å². The van der Waals surface area contributed by atoms with Gasteiger partial charge in [-0.1, -0.05) is 60.7 Å². The van der Waals surface area contributed by atoms with Crippen molar-refractivity contribution in [2.45, 2.75) is 19.3 Å². The summed E-state index contributed by atoms with van der Waals surface area (Å²) in [5, 5.41) is 9.14. The third-order valence-electron chi connectivity index (χ3n) is 4.08. The molecule has 0 saturated heterocycles. The number of aromatic nitrogens is 1. The molecule has 0 saturated carbocycles. The first-order chi connectivity index (χ1) is 11.8. The lowest BCUT2D eigenvalue weighted by Gasteiger charge is -2.10. The van der Waals surface area contributed by atoms with Crippen LogP contribution in [0.2, 0.25) is 0 Å². The normalized spacial score (nSPS) is 10.3. The Hall–Kier alpha value is -3.12. The Labute approximate surface area is 141 Å². The lowest BCUT2D eigenvalue weighted by Crippen LogP contribution is -2.16. The van der Waals surface area contributed by atoms with Crippen molar-refractivity contribution in [3.8, 4) is 6.07 Å². The van der Waals surface area contributed by atoms with E-state index in [0.717, 1.165) is 29.7 Å². The summed E-state index contributed by atoms with van der Waals surface area (Å²) in [6, 6.07) is 24.0. The molecule has 2 aromatic carbocycles. The monoisotopic (exact) mass is 314 g/mol. The van der Waals surface area contributed by atoms with Gasteiger partial charge in [0.15, 0.2) is 0 Å². The summed E-state index contributed by atoms with van der Waals surface area (Å²) >= 11 is 0. The Morgan fingerprint density at radius 1 is 0.875 bits per heavy atom. The highest BCUT2D eigenvalue weighted by atomic mass is 16.1. The number of nitrogens with one attached hydrogen (secondary N) is 1. The number of aryl methyl sites for hydroxylation is 2. The summed E-state index contributed by atoms with van der Waals surface area (Å²) in [5.74, 6) is 0. The minimum Gasteiger partial charge on any atom is -0.325 e. The van der Waals surface area contributed by atoms with Crippen molar-refractivity contribution in [1.82, 2.24) is 4.98 Å². The maximum atomic E-state index is 12.0. The van der Waals surface area contributed by atoms with Gasteiger partial charge in [-0.3, -0.25) is 4.79 Å². The molecule has 0 aliphatic heterocycles. The van der Waals surface area contributed by atoms with Crippen LogP contribution < -0.4 is 5.56 Å². The zero-order chi connectivity index (χ0) is 16.8. The summed E-state index contributed by atoms with van der Waals surface area (Å²) in [6.45, 7) is 0. The van der Waals surface area contributed by atoms with Gasteiger partial charge in [0, 0.05) is 5.69 Å². The Kier molecular flexibility index (Phi) is 4.88. The molecule has 0 spiro atoms. The van der Waals surface area contributed by atoms with E-state index in [1.165, 1.54) is 5.56 Å². The SMILES string of the molecule is N#Cc1cc(Cc2ccccc2)c(CCc2ccccc2)[nH]c1=O. The van der Waals surface area contributed by atoms with Gasteiger partial charge < -0.3 is 4.98 Å². The molecule has 0 amide bonds. The second kappa shape index (κ2) is 7.43. The van der Waals surface area contributed by atoms with Crippen LogP contribution in [-0.2, 0) is 19.3 Å². The fourth-order valence-electron chi connectivity index (χ4n) is 2.81. The van der Waals surface area contributed by atoms with Crippen molar-refractivity contribution in [2.24, 2.45) is 0 Å². The number of rotatable bonds is 5. The summed E-state index contributed by atoms with van der Waals surface area (Å²) in [6.07, 6.45) is 2.30. The van der Waals surface area contributed by atoms with E-state index in [9.17, 15) is 4.79 Å². The van der Waals surface area contributed by atoms with Gasteiger partial charge in [-0.15, -0.1) is 0 Å². The van der Waals surface area contributed by atoms with Crippen LogP contribution in [-0.4, -0.2) is 4.98 Å². The maximum Gasteiger partial charge on any atom is 0.266 e. The summed E-state index contributed by atoms with van der Waals surface area (Å²) in [5.41, 5.74) is 4.17.